The summed E-state index contributed by atoms with van der Waals surface area (Å²) >= 11 is 0. The van der Waals surface area contributed by atoms with Crippen LogP contribution in [0.1, 0.15) is 57.1 Å². The van der Waals surface area contributed by atoms with E-state index in [1.54, 1.807) is 7.05 Å². The molecule has 21 heavy (non-hydrogen) atoms. The summed E-state index contributed by atoms with van der Waals surface area (Å²) in [5.41, 5.74) is 1.86. The minimum absolute atomic E-state index is 0.000532. The van der Waals surface area contributed by atoms with Gasteiger partial charge >= 0.3 is 0 Å². The van der Waals surface area contributed by atoms with Crippen molar-refractivity contribution < 1.29 is 9.53 Å². The smallest absolute Gasteiger partial charge is 0.246 e. The van der Waals surface area contributed by atoms with E-state index in [-0.39, 0.29) is 11.9 Å². The number of benzene rings is 1. The molecule has 0 aliphatic carbocycles. The van der Waals surface area contributed by atoms with E-state index in [4.69, 9.17) is 4.74 Å². The summed E-state index contributed by atoms with van der Waals surface area (Å²) in [5, 5.41) is 5.90. The van der Waals surface area contributed by atoms with Crippen LogP contribution >= 0.6 is 0 Å². The van der Waals surface area contributed by atoms with Crippen LogP contribution in [0.4, 0.5) is 5.69 Å². The van der Waals surface area contributed by atoms with Gasteiger partial charge in [0.25, 0.3) is 0 Å². The van der Waals surface area contributed by atoms with Gasteiger partial charge in [-0.2, -0.15) is 0 Å². The van der Waals surface area contributed by atoms with Gasteiger partial charge in [-0.25, -0.2) is 0 Å². The van der Waals surface area contributed by atoms with Gasteiger partial charge in [0.05, 0.1) is 6.61 Å². The number of fused-ring (bicyclic) bond motifs is 1. The quantitative estimate of drug-likeness (QED) is 0.683. The van der Waals surface area contributed by atoms with E-state index in [9.17, 15) is 4.79 Å². The van der Waals surface area contributed by atoms with Crippen molar-refractivity contribution in [3.8, 4) is 5.75 Å². The highest BCUT2D eigenvalue weighted by atomic mass is 16.5. The third-order valence-corrected chi connectivity index (χ3v) is 3.91. The van der Waals surface area contributed by atoms with Crippen molar-refractivity contribution in [3.05, 3.63) is 23.8 Å². The molecule has 0 saturated heterocycles. The lowest BCUT2D eigenvalue weighted by Crippen LogP contribution is -2.23. The molecular formula is C17H26N2O2. The molecule has 1 aromatic rings. The molecule has 116 valence electrons. The fraction of sp³-hybridized carbons (Fsp3) is 0.588. The number of nitrogens with one attached hydrogen (secondary N) is 2. The molecule has 1 aliphatic heterocycles. The third kappa shape index (κ3) is 4.21. The zero-order valence-corrected chi connectivity index (χ0v) is 13.1. The Morgan fingerprint density at radius 2 is 1.95 bits per heavy atom. The molecule has 2 N–H and O–H groups in total. The first-order chi connectivity index (χ1) is 10.3. The number of rotatable bonds is 9. The van der Waals surface area contributed by atoms with E-state index in [1.807, 2.05) is 18.2 Å². The molecule has 1 atom stereocenters. The van der Waals surface area contributed by atoms with E-state index >= 15 is 0 Å². The number of carbonyl (C=O) groups is 1. The second-order valence-corrected chi connectivity index (χ2v) is 5.58. The first-order valence-electron chi connectivity index (χ1n) is 8.01. The molecule has 1 amide bonds. The van der Waals surface area contributed by atoms with Crippen molar-refractivity contribution in [2.24, 2.45) is 0 Å². The Bertz CT molecular complexity index is 474. The van der Waals surface area contributed by atoms with Gasteiger partial charge in [0.15, 0.2) is 0 Å². The molecule has 0 spiro atoms. The first kappa shape index (κ1) is 15.8. The van der Waals surface area contributed by atoms with Crippen LogP contribution in [-0.4, -0.2) is 19.6 Å². The molecular weight excluding hydrogens is 264 g/mol. The van der Waals surface area contributed by atoms with Gasteiger partial charge < -0.3 is 15.4 Å². The Hall–Kier alpha value is -1.55. The summed E-state index contributed by atoms with van der Waals surface area (Å²) in [5.74, 6) is 0.833. The van der Waals surface area contributed by atoms with E-state index in [0.717, 1.165) is 30.0 Å². The topological polar surface area (TPSA) is 50.4 Å². The van der Waals surface area contributed by atoms with Gasteiger partial charge in [-0.15, -0.1) is 0 Å². The summed E-state index contributed by atoms with van der Waals surface area (Å²) in [6.45, 7) is 2.97. The zero-order chi connectivity index (χ0) is 15.1. The highest BCUT2D eigenvalue weighted by Crippen LogP contribution is 2.33. The molecule has 2 rings (SSSR count). The van der Waals surface area contributed by atoms with Crippen LogP contribution < -0.4 is 15.4 Å². The van der Waals surface area contributed by atoms with Crippen LogP contribution in [0.15, 0.2) is 18.2 Å². The maximum atomic E-state index is 11.7. The van der Waals surface area contributed by atoms with Crippen LogP contribution in [0.25, 0.3) is 0 Å². The highest BCUT2D eigenvalue weighted by Gasteiger charge is 2.29. The Labute approximate surface area is 127 Å². The number of amides is 1. The predicted molar refractivity (Wildman–Crippen MR) is 85.7 cm³/mol. The summed E-state index contributed by atoms with van der Waals surface area (Å²) in [7, 11) is 1.79. The van der Waals surface area contributed by atoms with Crippen molar-refractivity contribution >= 4 is 11.6 Å². The molecule has 4 nitrogen and oxygen atoms in total. The van der Waals surface area contributed by atoms with E-state index in [2.05, 4.69) is 17.6 Å². The van der Waals surface area contributed by atoms with Crippen LogP contribution in [0.2, 0.25) is 0 Å². The maximum Gasteiger partial charge on any atom is 0.246 e. The van der Waals surface area contributed by atoms with Crippen molar-refractivity contribution in [1.29, 1.82) is 0 Å². The van der Waals surface area contributed by atoms with Crippen molar-refractivity contribution in [3.63, 3.8) is 0 Å². The van der Waals surface area contributed by atoms with Gasteiger partial charge in [-0.1, -0.05) is 45.1 Å². The number of likely N-dealkylation sites (N-methyl/N-ethyl adjacent to an activating group) is 1. The average Bonchev–Trinajstić information content (AvgIpc) is 2.80. The third-order valence-electron chi connectivity index (χ3n) is 3.91. The normalized spacial score (nSPS) is 16.7. The number of ether oxygens (including phenoxy) is 1. The minimum atomic E-state index is -0.243. The minimum Gasteiger partial charge on any atom is -0.494 e. The lowest BCUT2D eigenvalue weighted by Gasteiger charge is -2.09. The SMILES string of the molecule is CCCCCCCCOc1ccc2c(c1)NC(=O)C2NC. The first-order valence-corrected chi connectivity index (χ1v) is 8.01. The van der Waals surface area contributed by atoms with E-state index in [0.29, 0.717) is 0 Å². The molecule has 0 saturated carbocycles. The van der Waals surface area contributed by atoms with Gasteiger partial charge in [-0.05, 0) is 19.5 Å². The Kier molecular flexibility index (Phi) is 6.05. The maximum absolute atomic E-state index is 11.7. The van der Waals surface area contributed by atoms with Crippen LogP contribution in [-0.2, 0) is 4.79 Å². The monoisotopic (exact) mass is 290 g/mol. The zero-order valence-electron chi connectivity index (χ0n) is 13.1. The van der Waals surface area contributed by atoms with E-state index in [1.165, 1.54) is 32.1 Å². The summed E-state index contributed by atoms with van der Waals surface area (Å²) in [6.07, 6.45) is 7.55. The molecule has 1 unspecified atom stereocenters. The molecule has 1 heterocycles. The second kappa shape index (κ2) is 8.03. The van der Waals surface area contributed by atoms with Crippen LogP contribution in [0, 0.1) is 0 Å². The van der Waals surface area contributed by atoms with Crippen molar-refractivity contribution in [2.75, 3.05) is 19.0 Å². The molecule has 1 aliphatic rings. The number of hydrogen-bond donors (Lipinski definition) is 2. The summed E-state index contributed by atoms with van der Waals surface area (Å²) in [6, 6.07) is 5.58. The second-order valence-electron chi connectivity index (χ2n) is 5.58. The molecule has 1 aromatic carbocycles. The van der Waals surface area contributed by atoms with Gasteiger partial charge in [-0.3, -0.25) is 4.79 Å². The molecule has 0 fully saturated rings. The molecule has 0 radical (unpaired) electrons. The van der Waals surface area contributed by atoms with Gasteiger partial charge in [0.2, 0.25) is 5.91 Å². The summed E-state index contributed by atoms with van der Waals surface area (Å²) in [4.78, 5) is 11.7. The molecule has 4 heteroatoms. The fourth-order valence-corrected chi connectivity index (χ4v) is 2.69. The van der Waals surface area contributed by atoms with Gasteiger partial charge in [0, 0.05) is 17.3 Å². The number of carbonyl (C=O) groups excluding carboxylic acids is 1. The lowest BCUT2D eigenvalue weighted by atomic mass is 10.1. The highest BCUT2D eigenvalue weighted by molar-refractivity contribution is 6.02. The van der Waals surface area contributed by atoms with E-state index < -0.39 is 0 Å². The molecule has 0 bridgehead atoms. The molecule has 0 aromatic heterocycles. The van der Waals surface area contributed by atoms with Crippen LogP contribution in [0.3, 0.4) is 0 Å². The largest absolute Gasteiger partial charge is 0.494 e. The Morgan fingerprint density at radius 1 is 1.19 bits per heavy atom. The summed E-state index contributed by atoms with van der Waals surface area (Å²) < 4.78 is 5.77. The van der Waals surface area contributed by atoms with Gasteiger partial charge in [0.1, 0.15) is 11.8 Å². The fourth-order valence-electron chi connectivity index (χ4n) is 2.69. The standard InChI is InChI=1S/C17H26N2O2/c1-3-4-5-6-7-8-11-21-13-9-10-14-15(12-13)19-17(20)16(14)18-2/h9-10,12,16,18H,3-8,11H2,1-2H3,(H,19,20). The van der Waals surface area contributed by atoms with Crippen molar-refractivity contribution in [1.82, 2.24) is 5.32 Å². The van der Waals surface area contributed by atoms with Crippen LogP contribution in [0.5, 0.6) is 5.75 Å². The Balaban J connectivity index is 1.76. The average molecular weight is 290 g/mol. The number of hydrogen-bond acceptors (Lipinski definition) is 3. The predicted octanol–water partition coefficient (Wildman–Crippen LogP) is 3.64. The lowest BCUT2D eigenvalue weighted by molar-refractivity contribution is -0.117. The number of unbranched alkanes of at least 4 members (excludes halogenated alkanes) is 5. The van der Waals surface area contributed by atoms with Crippen molar-refractivity contribution in [2.45, 2.75) is 51.5 Å². The Morgan fingerprint density at radius 3 is 2.71 bits per heavy atom. The number of anilines is 1.